The van der Waals surface area contributed by atoms with Crippen molar-refractivity contribution in [2.75, 3.05) is 45.2 Å². The quantitative estimate of drug-likeness (QED) is 0.341. The molecule has 2 rings (SSSR count). The maximum Gasteiger partial charge on any atom is 0.220 e. The molecule has 158 valence electrons. The summed E-state index contributed by atoms with van der Waals surface area (Å²) >= 11 is 0. The summed E-state index contributed by atoms with van der Waals surface area (Å²) in [6.45, 7) is 8.77. The first-order valence-electron chi connectivity index (χ1n) is 9.97. The minimum Gasteiger partial charge on any atom is -0.359 e. The summed E-state index contributed by atoms with van der Waals surface area (Å²) in [5.41, 5.74) is 1.14. The third-order valence-electron chi connectivity index (χ3n) is 5.23. The highest BCUT2D eigenvalue weighted by Gasteiger charge is 2.23. The lowest BCUT2D eigenvalue weighted by Gasteiger charge is -2.34. The minimum absolute atomic E-state index is 0. The van der Waals surface area contributed by atoms with E-state index in [4.69, 9.17) is 0 Å². The molecule has 1 amide bonds. The van der Waals surface area contributed by atoms with E-state index in [9.17, 15) is 4.79 Å². The number of halogens is 1. The van der Waals surface area contributed by atoms with Crippen molar-refractivity contribution in [3.8, 4) is 0 Å². The van der Waals surface area contributed by atoms with Gasteiger partial charge in [0.25, 0.3) is 0 Å². The van der Waals surface area contributed by atoms with E-state index in [0.29, 0.717) is 18.9 Å². The van der Waals surface area contributed by atoms with Crippen LogP contribution in [-0.4, -0.2) is 62.0 Å². The van der Waals surface area contributed by atoms with Crippen molar-refractivity contribution in [3.63, 3.8) is 0 Å². The van der Waals surface area contributed by atoms with Crippen LogP contribution in [-0.2, 0) is 11.3 Å². The van der Waals surface area contributed by atoms with Crippen molar-refractivity contribution in [1.29, 1.82) is 0 Å². The predicted molar refractivity (Wildman–Crippen MR) is 126 cm³/mol. The Labute approximate surface area is 186 Å². The van der Waals surface area contributed by atoms with Crippen molar-refractivity contribution in [2.45, 2.75) is 39.7 Å². The van der Waals surface area contributed by atoms with Gasteiger partial charge in [0.1, 0.15) is 5.82 Å². The van der Waals surface area contributed by atoms with E-state index >= 15 is 0 Å². The van der Waals surface area contributed by atoms with E-state index in [1.54, 1.807) is 7.05 Å². The number of anilines is 1. The zero-order valence-electron chi connectivity index (χ0n) is 17.6. The van der Waals surface area contributed by atoms with Gasteiger partial charge in [-0.2, -0.15) is 0 Å². The highest BCUT2D eigenvalue weighted by Crippen LogP contribution is 2.20. The fourth-order valence-corrected chi connectivity index (χ4v) is 3.48. The van der Waals surface area contributed by atoms with Gasteiger partial charge in [-0.1, -0.05) is 6.07 Å². The second-order valence-electron chi connectivity index (χ2n) is 6.91. The summed E-state index contributed by atoms with van der Waals surface area (Å²) in [5, 5.41) is 6.16. The molecule has 1 aliphatic heterocycles. The van der Waals surface area contributed by atoms with Gasteiger partial charge in [0, 0.05) is 59.4 Å². The number of likely N-dealkylation sites (tertiary alicyclic amines) is 1. The van der Waals surface area contributed by atoms with Crippen molar-refractivity contribution in [1.82, 2.24) is 20.5 Å². The number of carbonyl (C=O) groups excluding carboxylic acids is 1. The van der Waals surface area contributed by atoms with Gasteiger partial charge in [-0.25, -0.2) is 4.98 Å². The molecule has 0 unspecified atom stereocenters. The van der Waals surface area contributed by atoms with Crippen LogP contribution < -0.4 is 15.5 Å². The van der Waals surface area contributed by atoms with Gasteiger partial charge in [-0.3, -0.25) is 9.79 Å². The standard InChI is InChI=1S/C20H34N6O.HI/c1-5-25(6-2)18-8-7-17(14-23-18)15-24-20(22-4)26-11-9-16(10-12-26)13-19(27)21-3;/h7-8,14,16H,5-6,9-13,15H2,1-4H3,(H,21,27)(H,22,24);1H. The van der Waals surface area contributed by atoms with E-state index < -0.39 is 0 Å². The number of carbonyl (C=O) groups is 1. The second-order valence-corrected chi connectivity index (χ2v) is 6.91. The molecule has 0 bridgehead atoms. The molecule has 1 fully saturated rings. The summed E-state index contributed by atoms with van der Waals surface area (Å²) in [6.07, 6.45) is 4.60. The van der Waals surface area contributed by atoms with Crippen LogP contribution in [0.15, 0.2) is 23.3 Å². The van der Waals surface area contributed by atoms with Gasteiger partial charge in [0.2, 0.25) is 5.91 Å². The topological polar surface area (TPSA) is 72.9 Å². The van der Waals surface area contributed by atoms with E-state index in [1.807, 2.05) is 13.2 Å². The third kappa shape index (κ3) is 7.10. The Morgan fingerprint density at radius 2 is 1.96 bits per heavy atom. The number of amides is 1. The molecule has 1 aliphatic rings. The monoisotopic (exact) mass is 502 g/mol. The Bertz CT molecular complexity index is 610. The Morgan fingerprint density at radius 1 is 1.29 bits per heavy atom. The number of pyridine rings is 1. The Hall–Kier alpha value is -1.58. The van der Waals surface area contributed by atoms with Crippen LogP contribution in [0, 0.1) is 5.92 Å². The Kier molecular flexibility index (Phi) is 11.2. The smallest absolute Gasteiger partial charge is 0.220 e. The molecule has 0 spiro atoms. The number of piperidine rings is 1. The second kappa shape index (κ2) is 12.8. The third-order valence-corrected chi connectivity index (χ3v) is 5.23. The number of hydrogen-bond donors (Lipinski definition) is 2. The number of aromatic nitrogens is 1. The molecule has 0 saturated carbocycles. The Morgan fingerprint density at radius 3 is 2.46 bits per heavy atom. The van der Waals surface area contributed by atoms with Crippen LogP contribution in [0.2, 0.25) is 0 Å². The number of guanidine groups is 1. The zero-order chi connectivity index (χ0) is 19.6. The van der Waals surface area contributed by atoms with E-state index in [-0.39, 0.29) is 29.9 Å². The predicted octanol–water partition coefficient (Wildman–Crippen LogP) is 2.47. The molecule has 1 aromatic heterocycles. The zero-order valence-corrected chi connectivity index (χ0v) is 19.9. The van der Waals surface area contributed by atoms with Crippen LogP contribution in [0.25, 0.3) is 0 Å². The Balaban J connectivity index is 0.00000392. The average Bonchev–Trinajstić information content (AvgIpc) is 2.71. The van der Waals surface area contributed by atoms with Crippen LogP contribution in [0.4, 0.5) is 5.82 Å². The highest BCUT2D eigenvalue weighted by atomic mass is 127. The number of nitrogens with zero attached hydrogens (tertiary/aromatic N) is 4. The van der Waals surface area contributed by atoms with Crippen LogP contribution in [0.5, 0.6) is 0 Å². The van der Waals surface area contributed by atoms with Gasteiger partial charge >= 0.3 is 0 Å². The number of rotatable bonds is 7. The molecule has 7 nitrogen and oxygen atoms in total. The van der Waals surface area contributed by atoms with Gasteiger partial charge in [-0.15, -0.1) is 24.0 Å². The lowest BCUT2D eigenvalue weighted by atomic mass is 9.93. The summed E-state index contributed by atoms with van der Waals surface area (Å²) in [4.78, 5) is 25.1. The molecule has 0 aliphatic carbocycles. The van der Waals surface area contributed by atoms with Crippen molar-refractivity contribution >= 4 is 41.7 Å². The largest absolute Gasteiger partial charge is 0.359 e. The molecular formula is C20H35IN6O. The normalized spacial score (nSPS) is 15.0. The van der Waals surface area contributed by atoms with Gasteiger partial charge in [0.15, 0.2) is 5.96 Å². The number of hydrogen-bond acceptors (Lipinski definition) is 4. The average molecular weight is 502 g/mol. The maximum atomic E-state index is 11.5. The van der Waals surface area contributed by atoms with Gasteiger partial charge < -0.3 is 20.4 Å². The molecule has 0 atom stereocenters. The SMILES string of the molecule is CCN(CC)c1ccc(CNC(=NC)N2CCC(CC(=O)NC)CC2)cn1.I. The van der Waals surface area contributed by atoms with E-state index in [1.165, 1.54) is 0 Å². The lowest BCUT2D eigenvalue weighted by Crippen LogP contribution is -2.45. The molecule has 1 aromatic rings. The summed E-state index contributed by atoms with van der Waals surface area (Å²) < 4.78 is 0. The van der Waals surface area contributed by atoms with E-state index in [0.717, 1.165) is 56.4 Å². The van der Waals surface area contributed by atoms with Crippen molar-refractivity contribution < 1.29 is 4.79 Å². The fourth-order valence-electron chi connectivity index (χ4n) is 3.48. The molecule has 0 radical (unpaired) electrons. The molecule has 0 aromatic carbocycles. The van der Waals surface area contributed by atoms with Gasteiger partial charge in [0.05, 0.1) is 0 Å². The first-order chi connectivity index (χ1) is 13.1. The summed E-state index contributed by atoms with van der Waals surface area (Å²) in [6, 6.07) is 4.20. The molecule has 8 heteroatoms. The number of nitrogens with one attached hydrogen (secondary N) is 2. The van der Waals surface area contributed by atoms with E-state index in [2.05, 4.69) is 56.4 Å². The first kappa shape index (κ1) is 24.5. The first-order valence-corrected chi connectivity index (χ1v) is 9.97. The van der Waals surface area contributed by atoms with Crippen LogP contribution in [0.1, 0.15) is 38.7 Å². The summed E-state index contributed by atoms with van der Waals surface area (Å²) in [7, 11) is 3.52. The lowest BCUT2D eigenvalue weighted by molar-refractivity contribution is -0.121. The molecule has 2 N–H and O–H groups in total. The highest BCUT2D eigenvalue weighted by molar-refractivity contribution is 14.0. The van der Waals surface area contributed by atoms with Gasteiger partial charge in [-0.05, 0) is 44.2 Å². The molecule has 28 heavy (non-hydrogen) atoms. The molecule has 1 saturated heterocycles. The molecular weight excluding hydrogens is 467 g/mol. The number of aliphatic imine (C=N–C) groups is 1. The van der Waals surface area contributed by atoms with Crippen molar-refractivity contribution in [2.24, 2.45) is 10.9 Å². The van der Waals surface area contributed by atoms with Crippen LogP contribution >= 0.6 is 24.0 Å². The van der Waals surface area contributed by atoms with Crippen molar-refractivity contribution in [3.05, 3.63) is 23.9 Å². The maximum absolute atomic E-state index is 11.5. The molecule has 2 heterocycles. The minimum atomic E-state index is 0. The summed E-state index contributed by atoms with van der Waals surface area (Å²) in [5.74, 6) is 2.54. The fraction of sp³-hybridized carbons (Fsp3) is 0.650. The van der Waals surface area contributed by atoms with Crippen LogP contribution in [0.3, 0.4) is 0 Å².